The van der Waals surface area contributed by atoms with E-state index in [-0.39, 0.29) is 17.3 Å². The predicted octanol–water partition coefficient (Wildman–Crippen LogP) is 2.60. The number of nitrogens with zero attached hydrogens (tertiary/aromatic N) is 1. The van der Waals surface area contributed by atoms with E-state index in [9.17, 15) is 13.2 Å². The molecule has 2 N–H and O–H groups in total. The molecule has 1 amide bonds. The van der Waals surface area contributed by atoms with Gasteiger partial charge in [0.2, 0.25) is 5.91 Å². The quantitative estimate of drug-likeness (QED) is 0.829. The molecule has 0 aliphatic rings. The molecule has 134 valence electrons. The Morgan fingerprint density at radius 2 is 1.68 bits per heavy atom. The van der Waals surface area contributed by atoms with Crippen LogP contribution in [-0.4, -0.2) is 39.9 Å². The molecule has 6 nitrogen and oxygen atoms in total. The van der Waals surface area contributed by atoms with Crippen LogP contribution in [0.15, 0.2) is 47.4 Å². The lowest BCUT2D eigenvalue weighted by atomic mass is 10.2. The average molecular weight is 361 g/mol. The minimum Gasteiger partial charge on any atom is -0.325 e. The first-order valence-corrected chi connectivity index (χ1v) is 9.30. The highest BCUT2D eigenvalue weighted by molar-refractivity contribution is 7.92. The van der Waals surface area contributed by atoms with E-state index in [1.807, 2.05) is 27.9 Å². The molecule has 0 spiro atoms. The summed E-state index contributed by atoms with van der Waals surface area (Å²) in [6.07, 6.45) is 0. The highest BCUT2D eigenvalue weighted by Gasteiger charge is 2.14. The molecule has 0 fully saturated rings. The summed E-state index contributed by atoms with van der Waals surface area (Å²) in [7, 11) is -0.0129. The van der Waals surface area contributed by atoms with Crippen LogP contribution in [0.1, 0.15) is 11.1 Å². The molecule has 2 aromatic carbocycles. The van der Waals surface area contributed by atoms with Crippen LogP contribution in [0, 0.1) is 13.8 Å². The first-order valence-electron chi connectivity index (χ1n) is 7.82. The fraction of sp³-hybridized carbons (Fsp3) is 0.278. The van der Waals surface area contributed by atoms with Crippen molar-refractivity contribution in [3.05, 3.63) is 53.6 Å². The maximum absolute atomic E-state index is 12.4. The number of carbonyl (C=O) groups is 1. The first kappa shape index (κ1) is 19.0. The summed E-state index contributed by atoms with van der Waals surface area (Å²) in [6, 6.07) is 11.7. The van der Waals surface area contributed by atoms with Gasteiger partial charge in [0.25, 0.3) is 10.0 Å². The SMILES string of the molecule is Cc1ccc(S(=O)(=O)Nc2ccc(NC(=O)CN(C)C)c(C)c2)cc1. The Labute approximate surface area is 148 Å². The number of hydrogen-bond donors (Lipinski definition) is 2. The van der Waals surface area contributed by atoms with E-state index in [0.717, 1.165) is 11.1 Å². The Balaban J connectivity index is 2.14. The van der Waals surface area contributed by atoms with E-state index < -0.39 is 10.0 Å². The van der Waals surface area contributed by atoms with Crippen LogP contribution in [-0.2, 0) is 14.8 Å². The molecule has 25 heavy (non-hydrogen) atoms. The van der Waals surface area contributed by atoms with Gasteiger partial charge < -0.3 is 10.2 Å². The third kappa shape index (κ3) is 5.30. The third-order valence-electron chi connectivity index (χ3n) is 3.54. The van der Waals surface area contributed by atoms with Gasteiger partial charge in [-0.15, -0.1) is 0 Å². The monoisotopic (exact) mass is 361 g/mol. The summed E-state index contributed by atoms with van der Waals surface area (Å²) in [6.45, 7) is 3.99. The lowest BCUT2D eigenvalue weighted by Gasteiger charge is -2.14. The summed E-state index contributed by atoms with van der Waals surface area (Å²) in [5.74, 6) is -0.124. The molecular weight excluding hydrogens is 338 g/mol. The summed E-state index contributed by atoms with van der Waals surface area (Å²) in [5.41, 5.74) is 2.87. The second-order valence-corrected chi connectivity index (χ2v) is 7.92. The van der Waals surface area contributed by atoms with E-state index in [1.54, 1.807) is 47.4 Å². The fourth-order valence-corrected chi connectivity index (χ4v) is 3.33. The predicted molar refractivity (Wildman–Crippen MR) is 100 cm³/mol. The van der Waals surface area contributed by atoms with Gasteiger partial charge in [0.05, 0.1) is 11.4 Å². The number of aryl methyl sites for hydroxylation is 2. The molecule has 0 aromatic heterocycles. The van der Waals surface area contributed by atoms with Gasteiger partial charge in [0.1, 0.15) is 0 Å². The van der Waals surface area contributed by atoms with Crippen molar-refractivity contribution >= 4 is 27.3 Å². The van der Waals surface area contributed by atoms with Gasteiger partial charge in [0, 0.05) is 11.4 Å². The lowest BCUT2D eigenvalue weighted by Crippen LogP contribution is -2.27. The van der Waals surface area contributed by atoms with Crippen molar-refractivity contribution in [2.45, 2.75) is 18.7 Å². The lowest BCUT2D eigenvalue weighted by molar-refractivity contribution is -0.116. The van der Waals surface area contributed by atoms with Crippen LogP contribution in [0.3, 0.4) is 0 Å². The van der Waals surface area contributed by atoms with Crippen LogP contribution < -0.4 is 10.0 Å². The molecule has 0 heterocycles. The van der Waals surface area contributed by atoms with Gasteiger partial charge in [-0.1, -0.05) is 17.7 Å². The minimum atomic E-state index is -3.64. The van der Waals surface area contributed by atoms with E-state index in [2.05, 4.69) is 10.0 Å². The Hall–Kier alpha value is -2.38. The first-order chi connectivity index (χ1) is 11.7. The van der Waals surface area contributed by atoms with Gasteiger partial charge in [-0.05, 0) is 63.8 Å². The molecule has 0 atom stereocenters. The topological polar surface area (TPSA) is 78.5 Å². The van der Waals surface area contributed by atoms with Crippen molar-refractivity contribution in [1.82, 2.24) is 4.90 Å². The number of hydrogen-bond acceptors (Lipinski definition) is 4. The highest BCUT2D eigenvalue weighted by atomic mass is 32.2. The zero-order valence-electron chi connectivity index (χ0n) is 14.8. The molecule has 7 heteroatoms. The zero-order chi connectivity index (χ0) is 18.6. The maximum atomic E-state index is 12.4. The van der Waals surface area contributed by atoms with Crippen molar-refractivity contribution in [3.63, 3.8) is 0 Å². The summed E-state index contributed by atoms with van der Waals surface area (Å²) in [5, 5.41) is 2.81. The Kier molecular flexibility index (Phi) is 5.81. The molecular formula is C18H23N3O3S. The second kappa shape index (κ2) is 7.67. The number of carbonyl (C=O) groups excluding carboxylic acids is 1. The molecule has 0 unspecified atom stereocenters. The number of likely N-dealkylation sites (N-methyl/N-ethyl adjacent to an activating group) is 1. The maximum Gasteiger partial charge on any atom is 0.261 e. The summed E-state index contributed by atoms with van der Waals surface area (Å²) < 4.78 is 27.4. The second-order valence-electron chi connectivity index (χ2n) is 6.23. The van der Waals surface area contributed by atoms with E-state index in [4.69, 9.17) is 0 Å². The van der Waals surface area contributed by atoms with Gasteiger partial charge in [-0.2, -0.15) is 0 Å². The van der Waals surface area contributed by atoms with Crippen molar-refractivity contribution in [3.8, 4) is 0 Å². The Bertz CT molecular complexity index is 860. The van der Waals surface area contributed by atoms with Crippen molar-refractivity contribution in [1.29, 1.82) is 0 Å². The number of sulfonamides is 1. The van der Waals surface area contributed by atoms with E-state index in [0.29, 0.717) is 11.4 Å². The molecule has 0 saturated carbocycles. The standard InChI is InChI=1S/C18H23N3O3S/c1-13-5-8-16(9-6-13)25(23,24)20-15-7-10-17(14(2)11-15)19-18(22)12-21(3)4/h5-11,20H,12H2,1-4H3,(H,19,22). The van der Waals surface area contributed by atoms with E-state index >= 15 is 0 Å². The third-order valence-corrected chi connectivity index (χ3v) is 4.94. The van der Waals surface area contributed by atoms with Crippen molar-refractivity contribution in [2.75, 3.05) is 30.7 Å². The van der Waals surface area contributed by atoms with Gasteiger partial charge >= 0.3 is 0 Å². The number of anilines is 2. The van der Waals surface area contributed by atoms with Crippen LogP contribution in [0.4, 0.5) is 11.4 Å². The van der Waals surface area contributed by atoms with Crippen molar-refractivity contribution < 1.29 is 13.2 Å². The molecule has 2 rings (SSSR count). The number of benzene rings is 2. The molecule has 0 aliphatic carbocycles. The molecule has 0 saturated heterocycles. The fourth-order valence-electron chi connectivity index (χ4n) is 2.28. The highest BCUT2D eigenvalue weighted by Crippen LogP contribution is 2.22. The van der Waals surface area contributed by atoms with Crippen LogP contribution in [0.5, 0.6) is 0 Å². The Morgan fingerprint density at radius 3 is 2.24 bits per heavy atom. The van der Waals surface area contributed by atoms with Crippen LogP contribution >= 0.6 is 0 Å². The van der Waals surface area contributed by atoms with Gasteiger partial charge in [-0.25, -0.2) is 8.42 Å². The smallest absolute Gasteiger partial charge is 0.261 e. The summed E-state index contributed by atoms with van der Waals surface area (Å²) >= 11 is 0. The Morgan fingerprint density at radius 1 is 1.04 bits per heavy atom. The number of rotatable bonds is 6. The molecule has 0 bridgehead atoms. The van der Waals surface area contributed by atoms with Crippen LogP contribution in [0.25, 0.3) is 0 Å². The minimum absolute atomic E-state index is 0.124. The van der Waals surface area contributed by atoms with E-state index in [1.165, 1.54) is 0 Å². The van der Waals surface area contributed by atoms with Crippen molar-refractivity contribution in [2.24, 2.45) is 0 Å². The number of nitrogens with one attached hydrogen (secondary N) is 2. The largest absolute Gasteiger partial charge is 0.325 e. The molecule has 0 radical (unpaired) electrons. The molecule has 0 aliphatic heterocycles. The number of amides is 1. The van der Waals surface area contributed by atoms with Gasteiger partial charge in [0.15, 0.2) is 0 Å². The summed E-state index contributed by atoms with van der Waals surface area (Å²) in [4.78, 5) is 13.8. The molecule has 2 aromatic rings. The zero-order valence-corrected chi connectivity index (χ0v) is 15.6. The van der Waals surface area contributed by atoms with Gasteiger partial charge in [-0.3, -0.25) is 9.52 Å². The van der Waals surface area contributed by atoms with Crippen LogP contribution in [0.2, 0.25) is 0 Å². The average Bonchev–Trinajstić information content (AvgIpc) is 2.49. The normalized spacial score (nSPS) is 11.4.